The van der Waals surface area contributed by atoms with Gasteiger partial charge in [-0.2, -0.15) is 0 Å². The maximum absolute atomic E-state index is 12.3. The second-order valence-corrected chi connectivity index (χ2v) is 4.50. The minimum absolute atomic E-state index is 0.0258. The zero-order valence-corrected chi connectivity index (χ0v) is 10.9. The van der Waals surface area contributed by atoms with Crippen LogP contribution in [0.3, 0.4) is 0 Å². The van der Waals surface area contributed by atoms with Crippen LogP contribution in [-0.4, -0.2) is 24.9 Å². The van der Waals surface area contributed by atoms with Crippen LogP contribution in [-0.2, 0) is 13.6 Å². The van der Waals surface area contributed by atoms with Crippen molar-refractivity contribution < 1.29 is 4.79 Å². The van der Waals surface area contributed by atoms with Crippen LogP contribution in [0.1, 0.15) is 10.5 Å². The highest BCUT2D eigenvalue weighted by molar-refractivity contribution is 5.94. The summed E-state index contributed by atoms with van der Waals surface area (Å²) in [4.78, 5) is 32.5. The maximum atomic E-state index is 12.3. The third-order valence-electron chi connectivity index (χ3n) is 3.17. The van der Waals surface area contributed by atoms with E-state index in [-0.39, 0.29) is 17.9 Å². The molecule has 3 rings (SSSR count). The molecule has 0 unspecified atom stereocenters. The molecule has 0 amide bonds. The van der Waals surface area contributed by atoms with Crippen molar-refractivity contribution in [2.75, 3.05) is 0 Å². The van der Waals surface area contributed by atoms with Gasteiger partial charge in [0.05, 0.1) is 35.7 Å². The van der Waals surface area contributed by atoms with Gasteiger partial charge >= 0.3 is 0 Å². The fourth-order valence-electron chi connectivity index (χ4n) is 2.11. The number of aryl methyl sites for hydroxylation is 1. The average molecular weight is 268 g/mol. The van der Waals surface area contributed by atoms with Gasteiger partial charge in [0.2, 0.25) is 0 Å². The first-order valence-corrected chi connectivity index (χ1v) is 6.10. The van der Waals surface area contributed by atoms with Gasteiger partial charge in [-0.1, -0.05) is 0 Å². The minimum Gasteiger partial charge on any atom is -0.348 e. The molecule has 100 valence electrons. The molecule has 3 aromatic heterocycles. The molecule has 0 N–H and O–H groups in total. The molecule has 3 aromatic rings. The molecule has 0 aliphatic carbocycles. The lowest BCUT2D eigenvalue weighted by molar-refractivity contribution is 0.0962. The number of rotatable bonds is 3. The van der Waals surface area contributed by atoms with Gasteiger partial charge in [0, 0.05) is 19.4 Å². The van der Waals surface area contributed by atoms with Crippen molar-refractivity contribution in [3.8, 4) is 0 Å². The van der Waals surface area contributed by atoms with Crippen molar-refractivity contribution in [1.29, 1.82) is 0 Å². The van der Waals surface area contributed by atoms with E-state index in [0.29, 0.717) is 16.6 Å². The lowest BCUT2D eigenvalue weighted by Crippen LogP contribution is -2.25. The normalized spacial score (nSPS) is 10.8. The van der Waals surface area contributed by atoms with Gasteiger partial charge in [-0.05, 0) is 18.2 Å². The summed E-state index contributed by atoms with van der Waals surface area (Å²) in [6.45, 7) is -0.0258. The number of fused-ring (bicyclic) bond motifs is 1. The monoisotopic (exact) mass is 268 g/mol. The Morgan fingerprint density at radius 3 is 2.95 bits per heavy atom. The fraction of sp³-hybridized carbons (Fsp3) is 0.143. The summed E-state index contributed by atoms with van der Waals surface area (Å²) in [7, 11) is 1.79. The third kappa shape index (κ3) is 2.01. The number of carbonyl (C=O) groups is 1. The minimum atomic E-state index is -0.236. The van der Waals surface area contributed by atoms with Crippen LogP contribution in [0.2, 0.25) is 0 Å². The first-order valence-electron chi connectivity index (χ1n) is 6.10. The number of carbonyl (C=O) groups excluding carboxylic acids is 1. The second-order valence-electron chi connectivity index (χ2n) is 4.50. The molecule has 0 bridgehead atoms. The van der Waals surface area contributed by atoms with Crippen molar-refractivity contribution in [2.45, 2.75) is 6.54 Å². The Labute approximate surface area is 114 Å². The molecule has 0 radical (unpaired) electrons. The molecule has 0 saturated heterocycles. The summed E-state index contributed by atoms with van der Waals surface area (Å²) >= 11 is 0. The first kappa shape index (κ1) is 12.3. The van der Waals surface area contributed by atoms with E-state index in [4.69, 9.17) is 0 Å². The van der Waals surface area contributed by atoms with Crippen LogP contribution in [0.4, 0.5) is 0 Å². The molecule has 20 heavy (non-hydrogen) atoms. The van der Waals surface area contributed by atoms with Gasteiger partial charge in [0.25, 0.3) is 5.56 Å². The molecule has 0 fully saturated rings. The summed E-state index contributed by atoms with van der Waals surface area (Å²) in [6.07, 6.45) is 6.24. The van der Waals surface area contributed by atoms with E-state index < -0.39 is 0 Å². The standard InChI is InChI=1S/C14H12N4O2/c1-17-6-2-3-12(17)13(19)8-18-9-16-11-7-15-5-4-10(11)14(18)20/h2-7,9H,8H2,1H3. The Kier molecular flexibility index (Phi) is 2.90. The van der Waals surface area contributed by atoms with Gasteiger partial charge in [-0.25, -0.2) is 4.98 Å². The van der Waals surface area contributed by atoms with Crippen LogP contribution >= 0.6 is 0 Å². The highest BCUT2D eigenvalue weighted by Gasteiger charge is 2.12. The SMILES string of the molecule is Cn1cccc1C(=O)Cn1cnc2cnccc2c1=O. The zero-order valence-electron chi connectivity index (χ0n) is 10.9. The largest absolute Gasteiger partial charge is 0.348 e. The summed E-state index contributed by atoms with van der Waals surface area (Å²) in [6, 6.07) is 5.13. The quantitative estimate of drug-likeness (QED) is 0.665. The van der Waals surface area contributed by atoms with Crippen molar-refractivity contribution in [3.05, 3.63) is 59.2 Å². The maximum Gasteiger partial charge on any atom is 0.261 e. The molecule has 6 heteroatoms. The zero-order chi connectivity index (χ0) is 14.1. The molecule has 0 atom stereocenters. The molecule has 0 saturated carbocycles. The topological polar surface area (TPSA) is 69.8 Å². The number of pyridine rings is 1. The van der Waals surface area contributed by atoms with E-state index in [1.54, 1.807) is 36.0 Å². The van der Waals surface area contributed by atoms with Crippen molar-refractivity contribution in [1.82, 2.24) is 19.1 Å². The van der Waals surface area contributed by atoms with Crippen molar-refractivity contribution in [2.24, 2.45) is 7.05 Å². The number of hydrogen-bond donors (Lipinski definition) is 0. The first-order chi connectivity index (χ1) is 9.66. The van der Waals surface area contributed by atoms with Gasteiger partial charge in [-0.3, -0.25) is 19.1 Å². The summed E-state index contributed by atoms with van der Waals surface area (Å²) in [5, 5.41) is 0.460. The van der Waals surface area contributed by atoms with E-state index in [0.717, 1.165) is 0 Å². The molecule has 0 aliphatic rings. The van der Waals surface area contributed by atoms with Crippen LogP contribution in [0.25, 0.3) is 10.9 Å². The number of hydrogen-bond acceptors (Lipinski definition) is 4. The highest BCUT2D eigenvalue weighted by Crippen LogP contribution is 2.05. The number of nitrogens with zero attached hydrogens (tertiary/aromatic N) is 4. The van der Waals surface area contributed by atoms with E-state index in [9.17, 15) is 9.59 Å². The van der Waals surface area contributed by atoms with Crippen LogP contribution in [0.5, 0.6) is 0 Å². The average Bonchev–Trinajstić information content (AvgIpc) is 2.88. The molecule has 0 aliphatic heterocycles. The molecular weight excluding hydrogens is 256 g/mol. The Morgan fingerprint density at radius 2 is 2.20 bits per heavy atom. The van der Waals surface area contributed by atoms with Gasteiger partial charge in [0.15, 0.2) is 5.78 Å². The smallest absolute Gasteiger partial charge is 0.261 e. The number of Topliss-reactive ketones (excluding diaryl/α,β-unsaturated/α-hetero) is 1. The summed E-state index contributed by atoms with van der Waals surface area (Å²) in [5.41, 5.74) is 0.853. The van der Waals surface area contributed by atoms with E-state index >= 15 is 0 Å². The molecule has 0 spiro atoms. The third-order valence-corrected chi connectivity index (χ3v) is 3.17. The lowest BCUT2D eigenvalue weighted by Gasteiger charge is -2.06. The van der Waals surface area contributed by atoms with E-state index in [1.807, 2.05) is 0 Å². The summed E-state index contributed by atoms with van der Waals surface area (Å²) in [5.74, 6) is -0.130. The second kappa shape index (κ2) is 4.73. The Hall–Kier alpha value is -2.76. The molecule has 0 aromatic carbocycles. The van der Waals surface area contributed by atoms with Crippen molar-refractivity contribution in [3.63, 3.8) is 0 Å². The number of ketones is 1. The van der Waals surface area contributed by atoms with Gasteiger partial charge in [0.1, 0.15) is 0 Å². The summed E-state index contributed by atoms with van der Waals surface area (Å²) < 4.78 is 3.05. The van der Waals surface area contributed by atoms with Crippen LogP contribution in [0, 0.1) is 0 Å². The van der Waals surface area contributed by atoms with E-state index in [2.05, 4.69) is 9.97 Å². The number of aromatic nitrogens is 4. The Bertz CT molecular complexity index is 848. The lowest BCUT2D eigenvalue weighted by atomic mass is 10.2. The predicted octanol–water partition coefficient (Wildman–Crippen LogP) is 1.01. The van der Waals surface area contributed by atoms with Crippen LogP contribution < -0.4 is 5.56 Å². The van der Waals surface area contributed by atoms with Gasteiger partial charge < -0.3 is 4.57 Å². The molecule has 6 nitrogen and oxygen atoms in total. The van der Waals surface area contributed by atoms with Crippen LogP contribution in [0.15, 0.2) is 47.9 Å². The molecular formula is C14H12N4O2. The highest BCUT2D eigenvalue weighted by atomic mass is 16.1. The Morgan fingerprint density at radius 1 is 1.35 bits per heavy atom. The predicted molar refractivity (Wildman–Crippen MR) is 73.5 cm³/mol. The molecule has 3 heterocycles. The van der Waals surface area contributed by atoms with E-state index in [1.165, 1.54) is 23.3 Å². The fourth-order valence-corrected chi connectivity index (χ4v) is 2.11. The van der Waals surface area contributed by atoms with Crippen molar-refractivity contribution >= 4 is 16.7 Å². The Balaban J connectivity index is 2.00. The van der Waals surface area contributed by atoms with Gasteiger partial charge in [-0.15, -0.1) is 0 Å².